The van der Waals surface area contributed by atoms with Gasteiger partial charge in [-0.2, -0.15) is 0 Å². The number of anilines is 1. The fraction of sp³-hybridized carbons (Fsp3) is 0.526. The van der Waals surface area contributed by atoms with Crippen LogP contribution in [0.2, 0.25) is 0 Å². The molecule has 0 radical (unpaired) electrons. The van der Waals surface area contributed by atoms with Crippen LogP contribution in [0.3, 0.4) is 0 Å². The molecule has 134 valence electrons. The molecular formula is C19H26N4O2. The van der Waals surface area contributed by atoms with E-state index in [2.05, 4.69) is 29.3 Å². The second-order valence-corrected chi connectivity index (χ2v) is 7.12. The maximum atomic E-state index is 11.2. The van der Waals surface area contributed by atoms with E-state index >= 15 is 0 Å². The van der Waals surface area contributed by atoms with Crippen LogP contribution in [0.15, 0.2) is 30.6 Å². The Bertz CT molecular complexity index is 741. The molecule has 1 aromatic heterocycles. The fourth-order valence-corrected chi connectivity index (χ4v) is 3.99. The van der Waals surface area contributed by atoms with Crippen molar-refractivity contribution >= 4 is 22.1 Å². The highest BCUT2D eigenvalue weighted by Gasteiger charge is 2.25. The number of nitrogens with zero attached hydrogens (tertiary/aromatic N) is 3. The summed E-state index contributed by atoms with van der Waals surface area (Å²) >= 11 is 0. The molecular weight excluding hydrogens is 316 g/mol. The second kappa shape index (κ2) is 7.78. The van der Waals surface area contributed by atoms with Crippen molar-refractivity contribution in [3.8, 4) is 0 Å². The van der Waals surface area contributed by atoms with E-state index in [0.29, 0.717) is 17.3 Å². The Kier molecular flexibility index (Phi) is 5.48. The molecule has 2 aromatic rings. The second-order valence-electron chi connectivity index (χ2n) is 7.12. The summed E-state index contributed by atoms with van der Waals surface area (Å²) in [4.78, 5) is 17.2. The Balaban J connectivity index is 1.82. The summed E-state index contributed by atoms with van der Waals surface area (Å²) in [7, 11) is 4.28. The zero-order chi connectivity index (χ0) is 17.8. The molecule has 6 heteroatoms. The van der Waals surface area contributed by atoms with Crippen LogP contribution in [0.4, 0.5) is 11.4 Å². The number of pyridine rings is 1. The SMILES string of the molecule is CN(C)[C@@H](CNc1ccc([N+](=O)[O-])c2cnccc12)C1CCCCC1. The van der Waals surface area contributed by atoms with Crippen LogP contribution in [0.5, 0.6) is 0 Å². The molecule has 0 saturated heterocycles. The van der Waals surface area contributed by atoms with Gasteiger partial charge < -0.3 is 10.2 Å². The quantitative estimate of drug-likeness (QED) is 0.633. The zero-order valence-corrected chi connectivity index (χ0v) is 14.9. The van der Waals surface area contributed by atoms with Crippen molar-refractivity contribution in [2.45, 2.75) is 38.1 Å². The maximum absolute atomic E-state index is 11.2. The van der Waals surface area contributed by atoms with E-state index in [1.54, 1.807) is 18.5 Å². The maximum Gasteiger partial charge on any atom is 0.278 e. The molecule has 1 fully saturated rings. The van der Waals surface area contributed by atoms with E-state index in [1.165, 1.54) is 32.1 Å². The lowest BCUT2D eigenvalue weighted by molar-refractivity contribution is -0.383. The highest BCUT2D eigenvalue weighted by atomic mass is 16.6. The van der Waals surface area contributed by atoms with Gasteiger partial charge in [0.25, 0.3) is 5.69 Å². The molecule has 0 spiro atoms. The first-order chi connectivity index (χ1) is 12.1. The number of likely N-dealkylation sites (N-methyl/N-ethyl adjacent to an activating group) is 1. The lowest BCUT2D eigenvalue weighted by Gasteiger charge is -2.35. The minimum absolute atomic E-state index is 0.102. The molecule has 25 heavy (non-hydrogen) atoms. The summed E-state index contributed by atoms with van der Waals surface area (Å²) in [5, 5.41) is 16.2. The Morgan fingerprint density at radius 3 is 2.68 bits per heavy atom. The van der Waals surface area contributed by atoms with Crippen LogP contribution < -0.4 is 5.32 Å². The van der Waals surface area contributed by atoms with Gasteiger partial charge in [-0.15, -0.1) is 0 Å². The monoisotopic (exact) mass is 342 g/mol. The van der Waals surface area contributed by atoms with E-state index < -0.39 is 0 Å². The molecule has 3 rings (SSSR count). The lowest BCUT2D eigenvalue weighted by atomic mass is 9.83. The molecule has 0 aliphatic heterocycles. The average molecular weight is 342 g/mol. The normalized spacial score (nSPS) is 16.9. The van der Waals surface area contributed by atoms with Gasteiger partial charge in [0.15, 0.2) is 0 Å². The third-order valence-electron chi connectivity index (χ3n) is 5.35. The molecule has 1 aromatic carbocycles. The largest absolute Gasteiger partial charge is 0.383 e. The van der Waals surface area contributed by atoms with Crippen LogP contribution in [0.25, 0.3) is 10.8 Å². The molecule has 1 heterocycles. The number of nitrogens with one attached hydrogen (secondary N) is 1. The third kappa shape index (κ3) is 3.90. The van der Waals surface area contributed by atoms with Gasteiger partial charge in [0.05, 0.1) is 10.3 Å². The predicted octanol–water partition coefficient (Wildman–Crippen LogP) is 4.07. The zero-order valence-electron chi connectivity index (χ0n) is 14.9. The summed E-state index contributed by atoms with van der Waals surface area (Å²) in [5.74, 6) is 0.710. The van der Waals surface area contributed by atoms with Gasteiger partial charge in [0, 0.05) is 42.1 Å². The van der Waals surface area contributed by atoms with Crippen molar-refractivity contribution in [1.29, 1.82) is 0 Å². The summed E-state index contributed by atoms with van der Waals surface area (Å²) in [6.45, 7) is 0.840. The molecule has 1 N–H and O–H groups in total. The Hall–Kier alpha value is -2.21. The van der Waals surface area contributed by atoms with Crippen molar-refractivity contribution in [2.75, 3.05) is 26.0 Å². The standard InChI is InChI=1S/C19H26N4O2/c1-22(2)19(14-6-4-3-5-7-14)13-21-17-8-9-18(23(24)25)16-12-20-11-10-15(16)17/h8-12,14,19,21H,3-7,13H2,1-2H3/t19-/m0/s1. The molecule has 0 unspecified atom stereocenters. The van der Waals surface area contributed by atoms with Gasteiger partial charge in [-0.1, -0.05) is 19.3 Å². The van der Waals surface area contributed by atoms with Crippen LogP contribution in [-0.2, 0) is 0 Å². The van der Waals surface area contributed by atoms with Gasteiger partial charge in [0.1, 0.15) is 0 Å². The molecule has 1 aliphatic rings. The predicted molar refractivity (Wildman–Crippen MR) is 101 cm³/mol. The summed E-state index contributed by atoms with van der Waals surface area (Å²) < 4.78 is 0. The molecule has 0 bridgehead atoms. The first-order valence-electron chi connectivity index (χ1n) is 8.99. The first-order valence-corrected chi connectivity index (χ1v) is 8.99. The summed E-state index contributed by atoms with van der Waals surface area (Å²) in [6, 6.07) is 5.69. The molecule has 1 saturated carbocycles. The number of benzene rings is 1. The van der Waals surface area contributed by atoms with E-state index in [9.17, 15) is 10.1 Å². The van der Waals surface area contributed by atoms with Crippen molar-refractivity contribution in [3.63, 3.8) is 0 Å². The van der Waals surface area contributed by atoms with Gasteiger partial charge in [0.2, 0.25) is 0 Å². The van der Waals surface area contributed by atoms with Crippen molar-refractivity contribution in [3.05, 3.63) is 40.7 Å². The highest BCUT2D eigenvalue weighted by molar-refractivity contribution is 5.99. The van der Waals surface area contributed by atoms with Crippen LogP contribution >= 0.6 is 0 Å². The van der Waals surface area contributed by atoms with Crippen LogP contribution in [-0.4, -0.2) is 41.5 Å². The van der Waals surface area contributed by atoms with Crippen molar-refractivity contribution in [2.24, 2.45) is 5.92 Å². The first kappa shape index (κ1) is 17.6. The number of nitro groups is 1. The summed E-state index contributed by atoms with van der Waals surface area (Å²) in [5.41, 5.74) is 1.04. The number of aromatic nitrogens is 1. The smallest absolute Gasteiger partial charge is 0.278 e. The minimum atomic E-state index is -0.349. The van der Waals surface area contributed by atoms with Gasteiger partial charge in [-0.05, 0) is 45.0 Å². The van der Waals surface area contributed by atoms with E-state index in [1.807, 2.05) is 12.1 Å². The van der Waals surface area contributed by atoms with E-state index in [4.69, 9.17) is 0 Å². The minimum Gasteiger partial charge on any atom is -0.383 e. The number of hydrogen-bond acceptors (Lipinski definition) is 5. The van der Waals surface area contributed by atoms with E-state index in [-0.39, 0.29) is 10.6 Å². The number of hydrogen-bond donors (Lipinski definition) is 1. The summed E-state index contributed by atoms with van der Waals surface area (Å²) in [6.07, 6.45) is 9.82. The highest BCUT2D eigenvalue weighted by Crippen LogP contribution is 2.32. The molecule has 1 atom stereocenters. The lowest BCUT2D eigenvalue weighted by Crippen LogP contribution is -2.41. The molecule has 1 aliphatic carbocycles. The van der Waals surface area contributed by atoms with Crippen LogP contribution in [0.1, 0.15) is 32.1 Å². The number of non-ortho nitro benzene ring substituents is 1. The fourth-order valence-electron chi connectivity index (χ4n) is 3.99. The van der Waals surface area contributed by atoms with Crippen molar-refractivity contribution < 1.29 is 4.92 Å². The molecule has 0 amide bonds. The van der Waals surface area contributed by atoms with Crippen molar-refractivity contribution in [1.82, 2.24) is 9.88 Å². The van der Waals surface area contributed by atoms with Gasteiger partial charge >= 0.3 is 0 Å². The molecule has 6 nitrogen and oxygen atoms in total. The third-order valence-corrected chi connectivity index (χ3v) is 5.35. The van der Waals surface area contributed by atoms with E-state index in [0.717, 1.165) is 17.6 Å². The number of nitro benzene ring substituents is 1. The average Bonchev–Trinajstić information content (AvgIpc) is 2.62. The Morgan fingerprint density at radius 1 is 1.24 bits per heavy atom. The Labute approximate surface area is 148 Å². The topological polar surface area (TPSA) is 71.3 Å². The Morgan fingerprint density at radius 2 is 2.00 bits per heavy atom. The van der Waals surface area contributed by atoms with Crippen LogP contribution in [0, 0.1) is 16.0 Å². The number of fused-ring (bicyclic) bond motifs is 1. The van der Waals surface area contributed by atoms with Gasteiger partial charge in [-0.25, -0.2) is 0 Å². The number of rotatable bonds is 6. The van der Waals surface area contributed by atoms with Gasteiger partial charge in [-0.3, -0.25) is 15.1 Å².